The minimum Gasteiger partial charge on any atom is -0.315 e. The lowest BCUT2D eigenvalue weighted by Crippen LogP contribution is -2.29. The quantitative estimate of drug-likeness (QED) is 0.711. The van der Waals surface area contributed by atoms with E-state index >= 15 is 0 Å². The van der Waals surface area contributed by atoms with E-state index < -0.39 is 0 Å². The summed E-state index contributed by atoms with van der Waals surface area (Å²) < 4.78 is 0. The fraction of sp³-hybridized carbons (Fsp3) is 0.625. The molecule has 1 aromatic carbocycles. The van der Waals surface area contributed by atoms with Gasteiger partial charge in [0.1, 0.15) is 0 Å². The zero-order chi connectivity index (χ0) is 13.4. The average Bonchev–Trinajstić information content (AvgIpc) is 2.28. The van der Waals surface area contributed by atoms with Gasteiger partial charge in [-0.15, -0.1) is 0 Å². The number of benzene rings is 1. The van der Waals surface area contributed by atoms with E-state index in [4.69, 9.17) is 0 Å². The summed E-state index contributed by atoms with van der Waals surface area (Å²) in [5.74, 6) is 0.794. The Morgan fingerprint density at radius 2 is 2.00 bits per heavy atom. The van der Waals surface area contributed by atoms with E-state index in [0.717, 1.165) is 32.1 Å². The Morgan fingerprint density at radius 1 is 1.22 bits per heavy atom. The number of nitrogens with one attached hydrogen (secondary N) is 1. The molecule has 1 N–H and O–H groups in total. The lowest BCUT2D eigenvalue weighted by Gasteiger charge is -2.17. The lowest BCUT2D eigenvalue weighted by molar-refractivity contribution is 0.323. The highest BCUT2D eigenvalue weighted by molar-refractivity contribution is 5.21. The van der Waals surface area contributed by atoms with Gasteiger partial charge in [0.15, 0.2) is 0 Å². The number of nitrogens with zero attached hydrogens (tertiary/aromatic N) is 1. The Balaban J connectivity index is 2.16. The van der Waals surface area contributed by atoms with E-state index in [9.17, 15) is 0 Å². The largest absolute Gasteiger partial charge is 0.315 e. The maximum absolute atomic E-state index is 3.50. The van der Waals surface area contributed by atoms with Gasteiger partial charge in [-0.1, -0.05) is 43.7 Å². The van der Waals surface area contributed by atoms with Gasteiger partial charge in [0, 0.05) is 19.6 Å². The standard InChI is InChI=1S/C16H28N2/c1-14(2)8-9-17-10-11-18(4)13-16-7-5-6-15(3)12-16/h5-7,12,14,17H,8-11,13H2,1-4H3. The van der Waals surface area contributed by atoms with Crippen LogP contribution in [0.4, 0.5) is 0 Å². The molecule has 0 bridgehead atoms. The molecular formula is C16H28N2. The summed E-state index contributed by atoms with van der Waals surface area (Å²) in [6.07, 6.45) is 1.27. The van der Waals surface area contributed by atoms with Gasteiger partial charge in [-0.3, -0.25) is 0 Å². The monoisotopic (exact) mass is 248 g/mol. The van der Waals surface area contributed by atoms with Gasteiger partial charge >= 0.3 is 0 Å². The first-order chi connectivity index (χ1) is 8.58. The van der Waals surface area contributed by atoms with Crippen LogP contribution in [0.25, 0.3) is 0 Å². The van der Waals surface area contributed by atoms with E-state index in [1.807, 2.05) is 0 Å². The van der Waals surface area contributed by atoms with E-state index in [-0.39, 0.29) is 0 Å². The van der Waals surface area contributed by atoms with Crippen molar-refractivity contribution in [2.75, 3.05) is 26.7 Å². The number of rotatable bonds is 8. The van der Waals surface area contributed by atoms with Crippen molar-refractivity contribution in [1.82, 2.24) is 10.2 Å². The van der Waals surface area contributed by atoms with Crippen molar-refractivity contribution < 1.29 is 0 Å². The minimum atomic E-state index is 0.794. The summed E-state index contributed by atoms with van der Waals surface area (Å²) >= 11 is 0. The van der Waals surface area contributed by atoms with Crippen LogP contribution in [0.1, 0.15) is 31.4 Å². The van der Waals surface area contributed by atoms with Crippen LogP contribution in [0.5, 0.6) is 0 Å². The average molecular weight is 248 g/mol. The van der Waals surface area contributed by atoms with Crippen molar-refractivity contribution >= 4 is 0 Å². The molecule has 0 atom stereocenters. The lowest BCUT2D eigenvalue weighted by atomic mass is 10.1. The minimum absolute atomic E-state index is 0.794. The Hall–Kier alpha value is -0.860. The molecule has 0 spiro atoms. The van der Waals surface area contributed by atoms with Crippen LogP contribution in [0.2, 0.25) is 0 Å². The molecule has 2 nitrogen and oxygen atoms in total. The van der Waals surface area contributed by atoms with Gasteiger partial charge in [-0.05, 0) is 38.4 Å². The summed E-state index contributed by atoms with van der Waals surface area (Å²) in [5, 5.41) is 3.50. The number of aryl methyl sites for hydroxylation is 1. The summed E-state index contributed by atoms with van der Waals surface area (Å²) in [7, 11) is 2.19. The molecular weight excluding hydrogens is 220 g/mol. The maximum Gasteiger partial charge on any atom is 0.0231 e. The molecule has 0 amide bonds. The third-order valence-corrected chi connectivity index (χ3v) is 3.10. The van der Waals surface area contributed by atoms with Crippen LogP contribution in [0.3, 0.4) is 0 Å². The summed E-state index contributed by atoms with van der Waals surface area (Å²) in [6, 6.07) is 8.76. The van der Waals surface area contributed by atoms with Crippen LogP contribution >= 0.6 is 0 Å². The zero-order valence-corrected chi connectivity index (χ0v) is 12.4. The molecule has 2 heteroatoms. The summed E-state index contributed by atoms with van der Waals surface area (Å²) in [6.45, 7) is 11.0. The Bertz CT molecular complexity index is 334. The van der Waals surface area contributed by atoms with Crippen LogP contribution in [-0.2, 0) is 6.54 Å². The predicted molar refractivity (Wildman–Crippen MR) is 79.8 cm³/mol. The van der Waals surface area contributed by atoms with Crippen molar-refractivity contribution in [2.45, 2.75) is 33.7 Å². The highest BCUT2D eigenvalue weighted by Crippen LogP contribution is 2.06. The molecule has 0 aliphatic heterocycles. The fourth-order valence-electron chi connectivity index (χ4n) is 1.99. The molecule has 1 rings (SSSR count). The first-order valence-corrected chi connectivity index (χ1v) is 7.02. The molecule has 0 unspecified atom stereocenters. The van der Waals surface area contributed by atoms with E-state index in [1.165, 1.54) is 17.5 Å². The van der Waals surface area contributed by atoms with Crippen LogP contribution in [-0.4, -0.2) is 31.6 Å². The molecule has 0 aliphatic carbocycles. The van der Waals surface area contributed by atoms with Gasteiger partial charge in [0.2, 0.25) is 0 Å². The highest BCUT2D eigenvalue weighted by atomic mass is 15.1. The van der Waals surface area contributed by atoms with Crippen molar-refractivity contribution in [3.63, 3.8) is 0 Å². The Kier molecular flexibility index (Phi) is 6.99. The molecule has 0 saturated carbocycles. The number of likely N-dealkylation sites (N-methyl/N-ethyl adjacent to an activating group) is 1. The van der Waals surface area contributed by atoms with E-state index in [1.54, 1.807) is 0 Å². The second-order valence-corrected chi connectivity index (χ2v) is 5.66. The first kappa shape index (κ1) is 15.2. The molecule has 0 fully saturated rings. The van der Waals surface area contributed by atoms with Crippen LogP contribution in [0.15, 0.2) is 24.3 Å². The zero-order valence-electron chi connectivity index (χ0n) is 12.4. The highest BCUT2D eigenvalue weighted by Gasteiger charge is 2.00. The SMILES string of the molecule is Cc1cccc(CN(C)CCNCCC(C)C)c1. The molecule has 102 valence electrons. The summed E-state index contributed by atoms with van der Waals surface area (Å²) in [4.78, 5) is 2.37. The number of hydrogen-bond donors (Lipinski definition) is 1. The second-order valence-electron chi connectivity index (χ2n) is 5.66. The summed E-state index contributed by atoms with van der Waals surface area (Å²) in [5.41, 5.74) is 2.75. The van der Waals surface area contributed by atoms with Crippen molar-refractivity contribution in [3.05, 3.63) is 35.4 Å². The van der Waals surface area contributed by atoms with Gasteiger partial charge in [0.05, 0.1) is 0 Å². The molecule has 18 heavy (non-hydrogen) atoms. The maximum atomic E-state index is 3.50. The molecule has 0 radical (unpaired) electrons. The van der Waals surface area contributed by atoms with Crippen molar-refractivity contribution in [1.29, 1.82) is 0 Å². The van der Waals surface area contributed by atoms with Gasteiger partial charge in [-0.2, -0.15) is 0 Å². The molecule has 1 aromatic rings. The van der Waals surface area contributed by atoms with Gasteiger partial charge in [0.25, 0.3) is 0 Å². The number of hydrogen-bond acceptors (Lipinski definition) is 2. The normalized spacial score (nSPS) is 11.4. The Morgan fingerprint density at radius 3 is 2.67 bits per heavy atom. The predicted octanol–water partition coefficient (Wildman–Crippen LogP) is 3.06. The molecule has 0 aromatic heterocycles. The second kappa shape index (κ2) is 8.28. The van der Waals surface area contributed by atoms with E-state index in [0.29, 0.717) is 0 Å². The van der Waals surface area contributed by atoms with Crippen molar-refractivity contribution in [3.8, 4) is 0 Å². The van der Waals surface area contributed by atoms with Gasteiger partial charge < -0.3 is 10.2 Å². The molecule has 0 saturated heterocycles. The molecule has 0 heterocycles. The third kappa shape index (κ3) is 6.77. The van der Waals surface area contributed by atoms with Crippen LogP contribution in [0, 0.1) is 12.8 Å². The Labute approximate surface area is 112 Å². The fourth-order valence-corrected chi connectivity index (χ4v) is 1.99. The smallest absolute Gasteiger partial charge is 0.0231 e. The third-order valence-electron chi connectivity index (χ3n) is 3.10. The topological polar surface area (TPSA) is 15.3 Å². The van der Waals surface area contributed by atoms with Crippen molar-refractivity contribution in [2.24, 2.45) is 5.92 Å². The van der Waals surface area contributed by atoms with E-state index in [2.05, 4.69) is 62.3 Å². The van der Waals surface area contributed by atoms with Crippen LogP contribution < -0.4 is 5.32 Å². The first-order valence-electron chi connectivity index (χ1n) is 7.02. The van der Waals surface area contributed by atoms with Gasteiger partial charge in [-0.25, -0.2) is 0 Å². The molecule has 0 aliphatic rings.